The van der Waals surface area contributed by atoms with Crippen molar-refractivity contribution in [2.75, 3.05) is 37.6 Å². The van der Waals surface area contributed by atoms with E-state index in [1.807, 2.05) is 20.8 Å². The molecule has 0 spiro atoms. The minimum atomic E-state index is -0.431. The van der Waals surface area contributed by atoms with Crippen LogP contribution in [0.3, 0.4) is 0 Å². The first-order chi connectivity index (χ1) is 12.0. The Morgan fingerprint density at radius 3 is 2.52 bits per heavy atom. The molecular formula is C17H28N6O2. The van der Waals surface area contributed by atoms with Crippen LogP contribution in [0.4, 0.5) is 10.7 Å². The minimum absolute atomic E-state index is 0.273. The summed E-state index contributed by atoms with van der Waals surface area (Å²) in [6, 6.07) is 1.01. The van der Waals surface area contributed by atoms with E-state index in [1.165, 1.54) is 0 Å². The highest BCUT2D eigenvalue weighted by Crippen LogP contribution is 2.12. The van der Waals surface area contributed by atoms with Gasteiger partial charge in [0, 0.05) is 45.1 Å². The Morgan fingerprint density at radius 1 is 1.12 bits per heavy atom. The summed E-state index contributed by atoms with van der Waals surface area (Å²) in [6.45, 7) is 9.51. The Kier molecular flexibility index (Phi) is 7.12. The molecule has 1 aliphatic rings. The molecule has 8 nitrogen and oxygen atoms in total. The molecule has 0 saturated carbocycles. The number of nitrogens with one attached hydrogen (secondary N) is 2. The molecule has 8 heteroatoms. The number of rotatable bonds is 5. The summed E-state index contributed by atoms with van der Waals surface area (Å²) in [5.74, 6) is 0.787. The van der Waals surface area contributed by atoms with Gasteiger partial charge in [-0.25, -0.2) is 14.8 Å². The van der Waals surface area contributed by atoms with Crippen LogP contribution in [0, 0.1) is 5.92 Å². The zero-order valence-corrected chi connectivity index (χ0v) is 15.2. The fraction of sp³-hybridized carbons (Fsp3) is 0.647. The molecule has 0 bridgehead atoms. The number of hydrogen-bond donors (Lipinski definition) is 2. The quantitative estimate of drug-likeness (QED) is 0.820. The molecule has 0 radical (unpaired) electrons. The van der Waals surface area contributed by atoms with Crippen LogP contribution in [0.1, 0.15) is 27.2 Å². The van der Waals surface area contributed by atoms with Gasteiger partial charge in [0.05, 0.1) is 6.04 Å². The van der Waals surface area contributed by atoms with Gasteiger partial charge >= 0.3 is 6.03 Å². The van der Waals surface area contributed by atoms with Gasteiger partial charge in [0.1, 0.15) is 0 Å². The molecule has 1 aliphatic heterocycles. The molecule has 1 fully saturated rings. The summed E-state index contributed by atoms with van der Waals surface area (Å²) in [5, 5.41) is 5.12. The van der Waals surface area contributed by atoms with E-state index in [4.69, 9.17) is 0 Å². The van der Waals surface area contributed by atoms with Crippen LogP contribution in [0.15, 0.2) is 18.5 Å². The van der Waals surface area contributed by atoms with Crippen LogP contribution in [0.5, 0.6) is 0 Å². The van der Waals surface area contributed by atoms with E-state index in [9.17, 15) is 9.59 Å². The fourth-order valence-corrected chi connectivity index (χ4v) is 2.70. The van der Waals surface area contributed by atoms with Gasteiger partial charge in [-0.1, -0.05) is 13.8 Å². The van der Waals surface area contributed by atoms with E-state index < -0.39 is 6.03 Å². The monoisotopic (exact) mass is 348 g/mol. The van der Waals surface area contributed by atoms with Gasteiger partial charge in [0.2, 0.25) is 11.9 Å². The molecule has 2 heterocycles. The molecule has 2 N–H and O–H groups in total. The van der Waals surface area contributed by atoms with Crippen molar-refractivity contribution in [3.05, 3.63) is 18.5 Å². The normalized spacial score (nSPS) is 17.0. The van der Waals surface area contributed by atoms with Crippen LogP contribution in [0.25, 0.3) is 0 Å². The van der Waals surface area contributed by atoms with Crippen molar-refractivity contribution in [1.82, 2.24) is 25.5 Å². The molecule has 0 aliphatic carbocycles. The summed E-state index contributed by atoms with van der Waals surface area (Å²) in [4.78, 5) is 36.9. The van der Waals surface area contributed by atoms with E-state index in [0.29, 0.717) is 12.5 Å². The molecule has 0 aromatic carbocycles. The zero-order valence-electron chi connectivity index (χ0n) is 15.2. The molecular weight excluding hydrogens is 320 g/mol. The number of amides is 3. The Morgan fingerprint density at radius 2 is 1.84 bits per heavy atom. The highest BCUT2D eigenvalue weighted by molar-refractivity contribution is 5.96. The first-order valence-corrected chi connectivity index (χ1v) is 8.82. The second kappa shape index (κ2) is 9.31. The lowest BCUT2D eigenvalue weighted by atomic mass is 10.2. The molecule has 3 amide bonds. The number of hydrogen-bond acceptors (Lipinski definition) is 6. The molecule has 1 aromatic rings. The smallest absolute Gasteiger partial charge is 0.321 e. The molecule has 1 atom stereocenters. The van der Waals surface area contributed by atoms with Crippen LogP contribution >= 0.6 is 0 Å². The number of urea groups is 1. The van der Waals surface area contributed by atoms with E-state index >= 15 is 0 Å². The van der Waals surface area contributed by atoms with Crippen molar-refractivity contribution in [2.45, 2.75) is 33.2 Å². The summed E-state index contributed by atoms with van der Waals surface area (Å²) in [6.07, 6.45) is 4.38. The van der Waals surface area contributed by atoms with Gasteiger partial charge < -0.3 is 10.2 Å². The Hall–Kier alpha value is -2.22. The maximum absolute atomic E-state index is 12.3. The lowest BCUT2D eigenvalue weighted by Crippen LogP contribution is -2.50. The number of carbonyl (C=O) groups excluding carboxylic acids is 2. The topological polar surface area (TPSA) is 90.5 Å². The maximum atomic E-state index is 12.3. The van der Waals surface area contributed by atoms with Crippen molar-refractivity contribution in [3.8, 4) is 0 Å². The van der Waals surface area contributed by atoms with Crippen LogP contribution in [-0.2, 0) is 4.79 Å². The van der Waals surface area contributed by atoms with Crippen molar-refractivity contribution < 1.29 is 9.59 Å². The summed E-state index contributed by atoms with van der Waals surface area (Å²) >= 11 is 0. The Balaban J connectivity index is 1.84. The van der Waals surface area contributed by atoms with Crippen LogP contribution in [0.2, 0.25) is 0 Å². The third-order valence-corrected chi connectivity index (χ3v) is 4.20. The van der Waals surface area contributed by atoms with Crippen molar-refractivity contribution in [3.63, 3.8) is 0 Å². The van der Waals surface area contributed by atoms with Gasteiger partial charge in [-0.3, -0.25) is 15.0 Å². The first-order valence-electron chi connectivity index (χ1n) is 8.82. The van der Waals surface area contributed by atoms with Crippen LogP contribution < -0.4 is 15.5 Å². The number of aromatic nitrogens is 2. The second-order valence-electron chi connectivity index (χ2n) is 6.69. The largest absolute Gasteiger partial charge is 0.339 e. The molecule has 138 valence electrons. The predicted molar refractivity (Wildman–Crippen MR) is 96.3 cm³/mol. The number of anilines is 1. The highest BCUT2D eigenvalue weighted by Gasteiger charge is 2.25. The van der Waals surface area contributed by atoms with Crippen molar-refractivity contribution >= 4 is 17.9 Å². The molecule has 1 aromatic heterocycles. The fourth-order valence-electron chi connectivity index (χ4n) is 2.70. The lowest BCUT2D eigenvalue weighted by molar-refractivity contribution is -0.124. The Bertz CT molecular complexity index is 566. The van der Waals surface area contributed by atoms with Crippen LogP contribution in [-0.4, -0.2) is 65.6 Å². The second-order valence-corrected chi connectivity index (χ2v) is 6.69. The standard InChI is InChI=1S/C17H28N6O2/c1-13(2)12-20-17(25)21-15(24)14(3)22-8-5-9-23(11-10-22)16-18-6-4-7-19-16/h4,6-7,13-14H,5,8-12H2,1-3H3,(H2,20,21,24,25). The van der Waals surface area contributed by atoms with E-state index in [-0.39, 0.29) is 11.9 Å². The molecule has 2 rings (SSSR count). The predicted octanol–water partition coefficient (Wildman–Crippen LogP) is 0.859. The SMILES string of the molecule is CC(C)CNC(=O)NC(=O)C(C)N1CCCN(c2ncccn2)CC1. The van der Waals surface area contributed by atoms with Crippen molar-refractivity contribution in [2.24, 2.45) is 5.92 Å². The highest BCUT2D eigenvalue weighted by atomic mass is 16.2. The van der Waals surface area contributed by atoms with Gasteiger partial charge in [-0.05, 0) is 25.3 Å². The molecule has 1 unspecified atom stereocenters. The average molecular weight is 348 g/mol. The molecule has 1 saturated heterocycles. The van der Waals surface area contributed by atoms with Gasteiger partial charge in [-0.2, -0.15) is 0 Å². The summed E-state index contributed by atoms with van der Waals surface area (Å²) < 4.78 is 0. The lowest BCUT2D eigenvalue weighted by Gasteiger charge is -2.26. The van der Waals surface area contributed by atoms with Gasteiger partial charge in [0.25, 0.3) is 0 Å². The van der Waals surface area contributed by atoms with Gasteiger partial charge in [-0.15, -0.1) is 0 Å². The summed E-state index contributed by atoms with van der Waals surface area (Å²) in [5.41, 5.74) is 0. The average Bonchev–Trinajstić information content (AvgIpc) is 2.86. The first kappa shape index (κ1) is 19.1. The number of imide groups is 1. The van der Waals surface area contributed by atoms with Crippen molar-refractivity contribution in [1.29, 1.82) is 0 Å². The minimum Gasteiger partial charge on any atom is -0.339 e. The third kappa shape index (κ3) is 5.97. The Labute approximate surface area is 149 Å². The van der Waals surface area contributed by atoms with E-state index in [1.54, 1.807) is 18.5 Å². The number of carbonyl (C=O) groups is 2. The third-order valence-electron chi connectivity index (χ3n) is 4.20. The molecule has 25 heavy (non-hydrogen) atoms. The number of nitrogens with zero attached hydrogens (tertiary/aromatic N) is 4. The van der Waals surface area contributed by atoms with Gasteiger partial charge in [0.15, 0.2) is 0 Å². The zero-order chi connectivity index (χ0) is 18.2. The maximum Gasteiger partial charge on any atom is 0.321 e. The summed E-state index contributed by atoms with van der Waals surface area (Å²) in [7, 11) is 0. The van der Waals surface area contributed by atoms with E-state index in [0.717, 1.165) is 38.5 Å². The van der Waals surface area contributed by atoms with E-state index in [2.05, 4.69) is 30.4 Å².